The van der Waals surface area contributed by atoms with Gasteiger partial charge in [0.15, 0.2) is 0 Å². The van der Waals surface area contributed by atoms with Crippen molar-refractivity contribution in [2.75, 3.05) is 26.4 Å². The predicted molar refractivity (Wildman–Crippen MR) is 77.0 cm³/mol. The average molecular weight is 267 g/mol. The molecular weight excluding hydrogens is 248 g/mol. The standard InChI is InChI=1S/C13H19ClN4/c1-9(6-7-17(2)3)18-12-5-4-10(14)8-11(12)16-13(18)15/h4-5,8-9H,6-7H2,1-3H3,(H2,15,16). The van der Waals surface area contributed by atoms with Crippen LogP contribution in [0.5, 0.6) is 0 Å². The molecule has 0 saturated carbocycles. The fourth-order valence-corrected chi connectivity index (χ4v) is 2.29. The zero-order valence-electron chi connectivity index (χ0n) is 11.0. The van der Waals surface area contributed by atoms with E-state index >= 15 is 0 Å². The Kier molecular flexibility index (Phi) is 3.78. The Morgan fingerprint density at radius 1 is 1.44 bits per heavy atom. The summed E-state index contributed by atoms with van der Waals surface area (Å²) >= 11 is 5.97. The largest absolute Gasteiger partial charge is 0.369 e. The summed E-state index contributed by atoms with van der Waals surface area (Å²) in [5.41, 5.74) is 7.91. The van der Waals surface area contributed by atoms with Crippen molar-refractivity contribution < 1.29 is 0 Å². The van der Waals surface area contributed by atoms with Crippen LogP contribution >= 0.6 is 11.6 Å². The van der Waals surface area contributed by atoms with Crippen molar-refractivity contribution >= 4 is 28.6 Å². The Morgan fingerprint density at radius 3 is 2.83 bits per heavy atom. The van der Waals surface area contributed by atoms with Gasteiger partial charge >= 0.3 is 0 Å². The summed E-state index contributed by atoms with van der Waals surface area (Å²) in [4.78, 5) is 6.53. The molecule has 0 amide bonds. The minimum Gasteiger partial charge on any atom is -0.369 e. The lowest BCUT2D eigenvalue weighted by atomic mass is 10.2. The Balaban J connectivity index is 2.34. The lowest BCUT2D eigenvalue weighted by molar-refractivity contribution is 0.362. The van der Waals surface area contributed by atoms with E-state index in [-0.39, 0.29) is 0 Å². The Hall–Kier alpha value is -1.26. The number of benzene rings is 1. The fourth-order valence-electron chi connectivity index (χ4n) is 2.13. The number of hydrogen-bond acceptors (Lipinski definition) is 3. The van der Waals surface area contributed by atoms with Crippen LogP contribution < -0.4 is 5.73 Å². The third kappa shape index (κ3) is 2.60. The van der Waals surface area contributed by atoms with Crippen LogP contribution in [0.4, 0.5) is 5.95 Å². The summed E-state index contributed by atoms with van der Waals surface area (Å²) in [6, 6.07) is 6.02. The molecule has 0 fully saturated rings. The molecule has 0 aliphatic carbocycles. The summed E-state index contributed by atoms with van der Waals surface area (Å²) in [7, 11) is 4.14. The molecule has 1 aromatic carbocycles. The van der Waals surface area contributed by atoms with Crippen LogP contribution in [-0.4, -0.2) is 35.1 Å². The molecule has 0 saturated heterocycles. The maximum absolute atomic E-state index is 6.01. The van der Waals surface area contributed by atoms with Crippen molar-refractivity contribution in [3.05, 3.63) is 23.2 Å². The zero-order chi connectivity index (χ0) is 13.3. The average Bonchev–Trinajstić information content (AvgIpc) is 2.61. The van der Waals surface area contributed by atoms with Crippen LogP contribution in [0, 0.1) is 0 Å². The quantitative estimate of drug-likeness (QED) is 0.926. The van der Waals surface area contributed by atoms with E-state index in [9.17, 15) is 0 Å². The second-order valence-electron chi connectivity index (χ2n) is 4.91. The van der Waals surface area contributed by atoms with Gasteiger partial charge in [-0.3, -0.25) is 0 Å². The van der Waals surface area contributed by atoms with E-state index in [1.165, 1.54) is 0 Å². The van der Waals surface area contributed by atoms with Gasteiger partial charge in [0.05, 0.1) is 11.0 Å². The Bertz CT molecular complexity index is 547. The molecule has 5 heteroatoms. The number of imidazole rings is 1. The van der Waals surface area contributed by atoms with Crippen LogP contribution in [0.15, 0.2) is 18.2 Å². The van der Waals surface area contributed by atoms with Gasteiger partial charge in [-0.25, -0.2) is 4.98 Å². The van der Waals surface area contributed by atoms with Crippen LogP contribution in [0.2, 0.25) is 5.02 Å². The minimum atomic E-state index is 0.318. The lowest BCUT2D eigenvalue weighted by Gasteiger charge is -2.18. The molecular formula is C13H19ClN4. The molecule has 0 spiro atoms. The first-order valence-corrected chi connectivity index (χ1v) is 6.44. The zero-order valence-corrected chi connectivity index (χ0v) is 11.8. The molecule has 2 N–H and O–H groups in total. The van der Waals surface area contributed by atoms with Gasteiger partial charge in [0, 0.05) is 11.1 Å². The summed E-state index contributed by atoms with van der Waals surface area (Å²) < 4.78 is 2.08. The van der Waals surface area contributed by atoms with Crippen molar-refractivity contribution in [1.29, 1.82) is 0 Å². The summed E-state index contributed by atoms with van der Waals surface area (Å²) in [5, 5.41) is 0.688. The number of fused-ring (bicyclic) bond motifs is 1. The Labute approximate surface area is 112 Å². The van der Waals surface area contributed by atoms with E-state index in [1.807, 2.05) is 18.2 Å². The topological polar surface area (TPSA) is 47.1 Å². The Morgan fingerprint density at radius 2 is 2.17 bits per heavy atom. The first-order chi connectivity index (χ1) is 8.49. The molecule has 0 radical (unpaired) electrons. The normalized spacial score (nSPS) is 13.4. The fraction of sp³-hybridized carbons (Fsp3) is 0.462. The maximum atomic E-state index is 6.01. The highest BCUT2D eigenvalue weighted by molar-refractivity contribution is 6.31. The van der Waals surface area contributed by atoms with Crippen molar-refractivity contribution in [3.8, 4) is 0 Å². The second-order valence-corrected chi connectivity index (χ2v) is 5.35. The molecule has 2 rings (SSSR count). The van der Waals surface area contributed by atoms with E-state index in [2.05, 4.69) is 35.5 Å². The molecule has 0 bridgehead atoms. The summed E-state index contributed by atoms with van der Waals surface area (Å²) in [6.07, 6.45) is 1.03. The van der Waals surface area contributed by atoms with E-state index < -0.39 is 0 Å². The third-order valence-electron chi connectivity index (χ3n) is 3.11. The predicted octanol–water partition coefficient (Wildman–Crippen LogP) is 2.78. The van der Waals surface area contributed by atoms with Crippen molar-refractivity contribution in [1.82, 2.24) is 14.5 Å². The van der Waals surface area contributed by atoms with Gasteiger partial charge in [0.1, 0.15) is 0 Å². The van der Waals surface area contributed by atoms with Gasteiger partial charge in [0.25, 0.3) is 0 Å². The van der Waals surface area contributed by atoms with Crippen LogP contribution in [0.3, 0.4) is 0 Å². The van der Waals surface area contributed by atoms with Crippen LogP contribution in [0.25, 0.3) is 11.0 Å². The lowest BCUT2D eigenvalue weighted by Crippen LogP contribution is -2.18. The van der Waals surface area contributed by atoms with Crippen molar-refractivity contribution in [2.24, 2.45) is 0 Å². The van der Waals surface area contributed by atoms with Gasteiger partial charge in [-0.2, -0.15) is 0 Å². The number of aromatic nitrogens is 2. The SMILES string of the molecule is CC(CCN(C)C)n1c(N)nc2cc(Cl)ccc21. The second kappa shape index (κ2) is 5.16. The highest BCUT2D eigenvalue weighted by atomic mass is 35.5. The molecule has 1 aromatic heterocycles. The number of nitrogen functional groups attached to an aromatic ring is 1. The monoisotopic (exact) mass is 266 g/mol. The minimum absolute atomic E-state index is 0.318. The van der Waals surface area contributed by atoms with Gasteiger partial charge in [-0.05, 0) is 52.2 Å². The highest BCUT2D eigenvalue weighted by Crippen LogP contribution is 2.26. The van der Waals surface area contributed by atoms with E-state index in [0.717, 1.165) is 24.0 Å². The molecule has 1 heterocycles. The smallest absolute Gasteiger partial charge is 0.201 e. The highest BCUT2D eigenvalue weighted by Gasteiger charge is 2.14. The van der Waals surface area contributed by atoms with E-state index in [4.69, 9.17) is 17.3 Å². The van der Waals surface area contributed by atoms with Crippen molar-refractivity contribution in [2.45, 2.75) is 19.4 Å². The third-order valence-corrected chi connectivity index (χ3v) is 3.35. The molecule has 18 heavy (non-hydrogen) atoms. The van der Waals surface area contributed by atoms with Gasteiger partial charge < -0.3 is 15.2 Å². The summed E-state index contributed by atoms with van der Waals surface area (Å²) in [6.45, 7) is 3.18. The van der Waals surface area contributed by atoms with E-state index in [1.54, 1.807) is 0 Å². The molecule has 4 nitrogen and oxygen atoms in total. The number of hydrogen-bond donors (Lipinski definition) is 1. The van der Waals surface area contributed by atoms with Gasteiger partial charge in [-0.1, -0.05) is 11.6 Å². The number of halogens is 1. The van der Waals surface area contributed by atoms with Crippen molar-refractivity contribution in [3.63, 3.8) is 0 Å². The number of nitrogens with two attached hydrogens (primary N) is 1. The molecule has 1 unspecified atom stereocenters. The molecule has 0 aliphatic heterocycles. The van der Waals surface area contributed by atoms with Gasteiger partial charge in [0.2, 0.25) is 5.95 Å². The number of nitrogens with zero attached hydrogens (tertiary/aromatic N) is 3. The van der Waals surface area contributed by atoms with Crippen LogP contribution in [-0.2, 0) is 0 Å². The first-order valence-electron chi connectivity index (χ1n) is 6.06. The molecule has 1 atom stereocenters. The van der Waals surface area contributed by atoms with Crippen LogP contribution in [0.1, 0.15) is 19.4 Å². The number of rotatable bonds is 4. The maximum Gasteiger partial charge on any atom is 0.201 e. The first kappa shape index (κ1) is 13.2. The molecule has 98 valence electrons. The number of anilines is 1. The molecule has 2 aromatic rings. The van der Waals surface area contributed by atoms with E-state index in [0.29, 0.717) is 17.0 Å². The van der Waals surface area contributed by atoms with Gasteiger partial charge in [-0.15, -0.1) is 0 Å². The molecule has 0 aliphatic rings. The summed E-state index contributed by atoms with van der Waals surface area (Å²) in [5.74, 6) is 0.554.